The molecule has 2 atom stereocenters. The molecule has 1 aromatic heterocycles. The van der Waals surface area contributed by atoms with E-state index < -0.39 is 0 Å². The van der Waals surface area contributed by atoms with E-state index in [-0.39, 0.29) is 5.92 Å². The van der Waals surface area contributed by atoms with Crippen LogP contribution in [0.2, 0.25) is 0 Å². The van der Waals surface area contributed by atoms with Gasteiger partial charge in [0.25, 0.3) is 0 Å². The molecule has 1 heterocycles. The first-order chi connectivity index (χ1) is 8.20. The van der Waals surface area contributed by atoms with E-state index in [1.807, 2.05) is 19.1 Å². The van der Waals surface area contributed by atoms with Crippen molar-refractivity contribution in [2.45, 2.75) is 45.2 Å². The van der Waals surface area contributed by atoms with Gasteiger partial charge < -0.3 is 4.42 Å². The molecule has 0 aliphatic heterocycles. The molecule has 0 amide bonds. The Hall–Kier alpha value is -1.27. The van der Waals surface area contributed by atoms with Crippen molar-refractivity contribution < 1.29 is 4.42 Å². The highest BCUT2D eigenvalue weighted by atomic mass is 16.3. The Bertz CT molecular complexity index is 405. The molecule has 2 unspecified atom stereocenters. The highest BCUT2D eigenvalue weighted by Crippen LogP contribution is 2.28. The summed E-state index contributed by atoms with van der Waals surface area (Å²) in [5.74, 6) is 2.13. The third kappa shape index (κ3) is 2.89. The monoisotopic (exact) mass is 232 g/mol. The molecule has 2 rings (SSSR count). The van der Waals surface area contributed by atoms with Crippen molar-refractivity contribution in [2.75, 3.05) is 7.05 Å². The van der Waals surface area contributed by atoms with Crippen LogP contribution < -0.4 is 0 Å². The fourth-order valence-electron chi connectivity index (χ4n) is 2.72. The van der Waals surface area contributed by atoms with Gasteiger partial charge in [0.1, 0.15) is 11.5 Å². The summed E-state index contributed by atoms with van der Waals surface area (Å²) in [6, 6.07) is 6.86. The zero-order chi connectivity index (χ0) is 12.3. The predicted molar refractivity (Wildman–Crippen MR) is 66.3 cm³/mol. The quantitative estimate of drug-likeness (QED) is 0.804. The van der Waals surface area contributed by atoms with Crippen LogP contribution in [-0.2, 0) is 6.54 Å². The molecule has 1 saturated carbocycles. The molecule has 1 fully saturated rings. The van der Waals surface area contributed by atoms with Crippen LogP contribution in [0.1, 0.15) is 37.2 Å². The molecule has 0 saturated heterocycles. The summed E-state index contributed by atoms with van der Waals surface area (Å²) in [5.41, 5.74) is 0. The van der Waals surface area contributed by atoms with Gasteiger partial charge >= 0.3 is 0 Å². The number of furan rings is 1. The summed E-state index contributed by atoms with van der Waals surface area (Å²) < 4.78 is 5.59. The number of rotatable bonds is 3. The van der Waals surface area contributed by atoms with Crippen molar-refractivity contribution in [2.24, 2.45) is 5.92 Å². The van der Waals surface area contributed by atoms with Gasteiger partial charge in [0.2, 0.25) is 0 Å². The lowest BCUT2D eigenvalue weighted by atomic mass is 9.84. The number of nitrogens with zero attached hydrogens (tertiary/aromatic N) is 2. The fraction of sp³-hybridized carbons (Fsp3) is 0.643. The lowest BCUT2D eigenvalue weighted by Gasteiger charge is -2.34. The van der Waals surface area contributed by atoms with Gasteiger partial charge in [-0.3, -0.25) is 4.90 Å². The molecule has 0 radical (unpaired) electrons. The molecule has 1 aliphatic rings. The third-order valence-electron chi connectivity index (χ3n) is 3.66. The minimum absolute atomic E-state index is 0.185. The lowest BCUT2D eigenvalue weighted by molar-refractivity contribution is 0.141. The Balaban J connectivity index is 1.98. The van der Waals surface area contributed by atoms with Crippen LogP contribution in [0.5, 0.6) is 0 Å². The van der Waals surface area contributed by atoms with Gasteiger partial charge in [-0.05, 0) is 38.9 Å². The smallest absolute Gasteiger partial charge is 0.118 e. The molecule has 1 aromatic rings. The van der Waals surface area contributed by atoms with E-state index >= 15 is 0 Å². The molecule has 0 bridgehead atoms. The zero-order valence-corrected chi connectivity index (χ0v) is 10.6. The molecule has 1 aliphatic carbocycles. The maximum absolute atomic E-state index is 9.18. The van der Waals surface area contributed by atoms with E-state index in [1.165, 1.54) is 12.8 Å². The summed E-state index contributed by atoms with van der Waals surface area (Å²) in [7, 11) is 2.10. The van der Waals surface area contributed by atoms with Gasteiger partial charge in [-0.1, -0.05) is 12.8 Å². The van der Waals surface area contributed by atoms with E-state index in [1.54, 1.807) is 0 Å². The van der Waals surface area contributed by atoms with Crippen molar-refractivity contribution in [3.63, 3.8) is 0 Å². The molecular weight excluding hydrogens is 212 g/mol. The van der Waals surface area contributed by atoms with Crippen molar-refractivity contribution in [1.29, 1.82) is 5.26 Å². The van der Waals surface area contributed by atoms with Gasteiger partial charge in [0.15, 0.2) is 0 Å². The lowest BCUT2D eigenvalue weighted by Crippen LogP contribution is -2.39. The molecule has 92 valence electrons. The van der Waals surface area contributed by atoms with E-state index in [0.717, 1.165) is 30.9 Å². The maximum Gasteiger partial charge on any atom is 0.118 e. The second-order valence-electron chi connectivity index (χ2n) is 5.01. The second kappa shape index (κ2) is 5.37. The Morgan fingerprint density at radius 1 is 1.41 bits per heavy atom. The van der Waals surface area contributed by atoms with Crippen LogP contribution in [0.15, 0.2) is 16.5 Å². The van der Waals surface area contributed by atoms with Crippen molar-refractivity contribution in [1.82, 2.24) is 4.90 Å². The summed E-state index contributed by atoms with van der Waals surface area (Å²) in [4.78, 5) is 2.27. The van der Waals surface area contributed by atoms with Gasteiger partial charge in [0, 0.05) is 6.04 Å². The van der Waals surface area contributed by atoms with Crippen LogP contribution in [0.25, 0.3) is 0 Å². The molecule has 0 aromatic carbocycles. The molecule has 17 heavy (non-hydrogen) atoms. The van der Waals surface area contributed by atoms with E-state index in [2.05, 4.69) is 18.0 Å². The molecule has 0 spiro atoms. The molecular formula is C14H20N2O. The highest BCUT2D eigenvalue weighted by molar-refractivity contribution is 5.06. The topological polar surface area (TPSA) is 40.2 Å². The Morgan fingerprint density at radius 2 is 2.18 bits per heavy atom. The standard InChI is InChI=1S/C14H20N2O/c1-11-7-8-13(17-11)10-16(2)14-6-4-3-5-12(14)9-15/h7-8,12,14H,3-6,10H2,1-2H3. The first kappa shape index (κ1) is 12.2. The van der Waals surface area contributed by atoms with Gasteiger partial charge in [-0.15, -0.1) is 0 Å². The van der Waals surface area contributed by atoms with Gasteiger partial charge in [0.05, 0.1) is 18.5 Å². The predicted octanol–water partition coefficient (Wildman–Crippen LogP) is 3.10. The number of nitriles is 1. The normalized spacial score (nSPS) is 24.8. The maximum atomic E-state index is 9.18. The van der Waals surface area contributed by atoms with Crippen LogP contribution >= 0.6 is 0 Å². The summed E-state index contributed by atoms with van der Waals surface area (Å²) in [6.07, 6.45) is 4.61. The summed E-state index contributed by atoms with van der Waals surface area (Å²) in [5, 5.41) is 9.18. The van der Waals surface area contributed by atoms with Gasteiger partial charge in [-0.2, -0.15) is 5.26 Å². The highest BCUT2D eigenvalue weighted by Gasteiger charge is 2.28. The Kier molecular flexibility index (Phi) is 3.86. The van der Waals surface area contributed by atoms with Crippen LogP contribution in [-0.4, -0.2) is 18.0 Å². The van der Waals surface area contributed by atoms with Crippen molar-refractivity contribution in [3.8, 4) is 6.07 Å². The average Bonchev–Trinajstić information content (AvgIpc) is 2.74. The van der Waals surface area contributed by atoms with Crippen molar-refractivity contribution in [3.05, 3.63) is 23.7 Å². The number of hydrogen-bond acceptors (Lipinski definition) is 3. The van der Waals surface area contributed by atoms with E-state index in [0.29, 0.717) is 6.04 Å². The molecule has 3 nitrogen and oxygen atoms in total. The van der Waals surface area contributed by atoms with E-state index in [9.17, 15) is 5.26 Å². The van der Waals surface area contributed by atoms with Crippen LogP contribution in [0.4, 0.5) is 0 Å². The third-order valence-corrected chi connectivity index (χ3v) is 3.66. The Labute approximate surface area is 103 Å². The first-order valence-electron chi connectivity index (χ1n) is 6.36. The fourth-order valence-corrected chi connectivity index (χ4v) is 2.72. The number of aryl methyl sites for hydroxylation is 1. The SMILES string of the molecule is Cc1ccc(CN(C)C2CCCCC2C#N)o1. The van der Waals surface area contributed by atoms with Crippen LogP contribution in [0, 0.1) is 24.2 Å². The summed E-state index contributed by atoms with van der Waals surface area (Å²) in [6.45, 7) is 2.76. The first-order valence-corrected chi connectivity index (χ1v) is 6.36. The zero-order valence-electron chi connectivity index (χ0n) is 10.6. The largest absolute Gasteiger partial charge is 0.465 e. The summed E-state index contributed by atoms with van der Waals surface area (Å²) >= 11 is 0. The minimum Gasteiger partial charge on any atom is -0.465 e. The minimum atomic E-state index is 0.185. The molecule has 3 heteroatoms. The average molecular weight is 232 g/mol. The Morgan fingerprint density at radius 3 is 2.82 bits per heavy atom. The second-order valence-corrected chi connectivity index (χ2v) is 5.01. The van der Waals surface area contributed by atoms with Crippen molar-refractivity contribution >= 4 is 0 Å². The molecule has 0 N–H and O–H groups in total. The number of hydrogen-bond donors (Lipinski definition) is 0. The van der Waals surface area contributed by atoms with Crippen LogP contribution in [0.3, 0.4) is 0 Å². The van der Waals surface area contributed by atoms with E-state index in [4.69, 9.17) is 4.42 Å². The van der Waals surface area contributed by atoms with Gasteiger partial charge in [-0.25, -0.2) is 0 Å².